The van der Waals surface area contributed by atoms with E-state index in [1.54, 1.807) is 0 Å². The van der Waals surface area contributed by atoms with Crippen LogP contribution in [0.15, 0.2) is 12.1 Å². The van der Waals surface area contributed by atoms with Crippen LogP contribution in [0.2, 0.25) is 0 Å². The third kappa shape index (κ3) is 3.51. The predicted molar refractivity (Wildman–Crippen MR) is 79.9 cm³/mol. The number of nitrogens with zero attached hydrogens (tertiary/aromatic N) is 3. The minimum absolute atomic E-state index is 0.0938. The lowest BCUT2D eigenvalue weighted by atomic mass is 10.3. The number of halogens is 3. The van der Waals surface area contributed by atoms with Gasteiger partial charge in [0.2, 0.25) is 5.82 Å². The molecule has 0 aromatic carbocycles. The van der Waals surface area contributed by atoms with Crippen LogP contribution in [0.25, 0.3) is 0 Å². The fraction of sp³-hybridized carbons (Fsp3) is 0.182. The van der Waals surface area contributed by atoms with Crippen molar-refractivity contribution in [3.63, 3.8) is 0 Å². The quantitative estimate of drug-likeness (QED) is 0.561. The molecule has 0 aliphatic rings. The number of carbonyl (C=O) groups excluding carboxylic acids is 1. The van der Waals surface area contributed by atoms with Gasteiger partial charge in [-0.2, -0.15) is 13.2 Å². The molecule has 4 N–H and O–H groups in total. The van der Waals surface area contributed by atoms with Crippen molar-refractivity contribution in [2.45, 2.75) is 6.18 Å². The van der Waals surface area contributed by atoms with E-state index >= 15 is 0 Å². The Kier molecular flexibility index (Phi) is 4.54. The van der Waals surface area contributed by atoms with Crippen LogP contribution in [-0.2, 0) is 6.18 Å². The smallest absolute Gasteiger partial charge is 0.378 e. The molecule has 9 nitrogen and oxygen atoms in total. The number of carbonyl (C=O) groups is 1. The monoisotopic (exact) mass is 362 g/mol. The number of nitro groups is 1. The minimum Gasteiger partial charge on any atom is -0.378 e. The van der Waals surface area contributed by atoms with Gasteiger partial charge in [0.25, 0.3) is 5.91 Å². The van der Waals surface area contributed by atoms with Crippen molar-refractivity contribution in [1.82, 2.24) is 9.97 Å². The molecule has 0 atom stereocenters. The molecular formula is C11H9F3N6O3S. The highest BCUT2D eigenvalue weighted by molar-refractivity contribution is 7.17. The van der Waals surface area contributed by atoms with E-state index in [1.165, 1.54) is 7.05 Å². The predicted octanol–water partition coefficient (Wildman–Crippen LogP) is 2.34. The molecule has 128 valence electrons. The Labute approximate surface area is 135 Å². The zero-order valence-electron chi connectivity index (χ0n) is 11.8. The van der Waals surface area contributed by atoms with Gasteiger partial charge in [-0.1, -0.05) is 11.3 Å². The largest absolute Gasteiger partial charge is 0.435 e. The van der Waals surface area contributed by atoms with E-state index in [4.69, 9.17) is 5.73 Å². The molecule has 2 heterocycles. The van der Waals surface area contributed by atoms with Crippen LogP contribution in [0.1, 0.15) is 15.4 Å². The molecule has 0 unspecified atom stereocenters. The Morgan fingerprint density at radius 3 is 2.54 bits per heavy atom. The first-order valence-electron chi connectivity index (χ1n) is 6.11. The van der Waals surface area contributed by atoms with Gasteiger partial charge >= 0.3 is 11.9 Å². The van der Waals surface area contributed by atoms with Crippen LogP contribution < -0.4 is 16.4 Å². The van der Waals surface area contributed by atoms with Gasteiger partial charge in [-0.3, -0.25) is 14.9 Å². The number of anilines is 3. The van der Waals surface area contributed by atoms with Gasteiger partial charge < -0.3 is 16.4 Å². The molecule has 13 heteroatoms. The second-order valence-corrected chi connectivity index (χ2v) is 5.26. The van der Waals surface area contributed by atoms with Crippen molar-refractivity contribution < 1.29 is 22.9 Å². The van der Waals surface area contributed by atoms with Gasteiger partial charge in [-0.05, 0) is 6.07 Å². The second-order valence-electron chi connectivity index (χ2n) is 4.26. The lowest BCUT2D eigenvalue weighted by Crippen LogP contribution is -2.18. The molecule has 0 aliphatic heterocycles. The lowest BCUT2D eigenvalue weighted by Gasteiger charge is -2.07. The van der Waals surface area contributed by atoms with Gasteiger partial charge in [0, 0.05) is 13.1 Å². The SMILES string of the molecule is CNc1nc(C(F)(F)F)c(C(=O)Nc2ccc([N+](=O)[O-])c(N)n2)s1. The Morgan fingerprint density at radius 1 is 1.38 bits per heavy atom. The third-order valence-electron chi connectivity index (χ3n) is 2.66. The van der Waals surface area contributed by atoms with Crippen LogP contribution in [0.5, 0.6) is 0 Å². The average molecular weight is 362 g/mol. The molecule has 2 aromatic rings. The summed E-state index contributed by atoms with van der Waals surface area (Å²) in [5, 5.41) is 15.1. The molecular weight excluding hydrogens is 353 g/mol. The minimum atomic E-state index is -4.82. The Hall–Kier alpha value is -2.96. The normalized spacial score (nSPS) is 11.2. The zero-order chi connectivity index (χ0) is 18.1. The number of nitrogen functional groups attached to an aromatic ring is 1. The van der Waals surface area contributed by atoms with Crippen LogP contribution in [-0.4, -0.2) is 27.8 Å². The third-order valence-corrected chi connectivity index (χ3v) is 3.73. The summed E-state index contributed by atoms with van der Waals surface area (Å²) in [4.78, 5) is 28.1. The maximum absolute atomic E-state index is 12.9. The first kappa shape index (κ1) is 17.4. The van der Waals surface area contributed by atoms with Gasteiger partial charge in [0.05, 0.1) is 4.92 Å². The number of thiazole rings is 1. The molecule has 1 amide bonds. The van der Waals surface area contributed by atoms with Crippen molar-refractivity contribution in [3.05, 3.63) is 32.8 Å². The topological polar surface area (TPSA) is 136 Å². The van der Waals surface area contributed by atoms with Crippen LogP contribution >= 0.6 is 11.3 Å². The number of amides is 1. The summed E-state index contributed by atoms with van der Waals surface area (Å²) >= 11 is 0.504. The van der Waals surface area contributed by atoms with E-state index in [9.17, 15) is 28.1 Å². The fourth-order valence-corrected chi connectivity index (χ4v) is 2.47. The van der Waals surface area contributed by atoms with Crippen molar-refractivity contribution in [3.8, 4) is 0 Å². The van der Waals surface area contributed by atoms with Gasteiger partial charge in [0.1, 0.15) is 10.7 Å². The molecule has 0 fully saturated rings. The van der Waals surface area contributed by atoms with Crippen molar-refractivity contribution in [1.29, 1.82) is 0 Å². The van der Waals surface area contributed by atoms with Gasteiger partial charge in [0.15, 0.2) is 10.8 Å². The van der Waals surface area contributed by atoms with Crippen molar-refractivity contribution in [2.75, 3.05) is 23.4 Å². The summed E-state index contributed by atoms with van der Waals surface area (Å²) in [7, 11) is 1.36. The highest BCUT2D eigenvalue weighted by Crippen LogP contribution is 2.36. The van der Waals surface area contributed by atoms with E-state index in [-0.39, 0.29) is 10.9 Å². The standard InChI is InChI=1S/C11H9F3N6O3S/c1-16-10-19-7(11(12,13)14)6(24-10)9(21)18-5-3-2-4(20(22)23)8(15)17-5/h2-3H,1H3,(H,16,19)(H3,15,17,18,21). The molecule has 0 saturated carbocycles. The summed E-state index contributed by atoms with van der Waals surface area (Å²) < 4.78 is 38.8. The Balaban J connectivity index is 2.32. The summed E-state index contributed by atoms with van der Waals surface area (Å²) in [6.07, 6.45) is -4.82. The summed E-state index contributed by atoms with van der Waals surface area (Å²) in [5.41, 5.74) is 3.53. The average Bonchev–Trinajstić information content (AvgIpc) is 2.91. The summed E-state index contributed by atoms with van der Waals surface area (Å²) in [5.74, 6) is -1.81. The number of rotatable bonds is 4. The second kappa shape index (κ2) is 6.27. The van der Waals surface area contributed by atoms with Crippen LogP contribution in [0.3, 0.4) is 0 Å². The highest BCUT2D eigenvalue weighted by Gasteiger charge is 2.39. The molecule has 0 radical (unpaired) electrons. The van der Waals surface area contributed by atoms with Crippen molar-refractivity contribution in [2.24, 2.45) is 0 Å². The lowest BCUT2D eigenvalue weighted by molar-refractivity contribution is -0.384. The fourth-order valence-electron chi connectivity index (χ4n) is 1.64. The summed E-state index contributed by atoms with van der Waals surface area (Å²) in [6, 6.07) is 2.04. The summed E-state index contributed by atoms with van der Waals surface area (Å²) in [6.45, 7) is 0. The molecule has 0 saturated heterocycles. The highest BCUT2D eigenvalue weighted by atomic mass is 32.1. The number of hydrogen-bond donors (Lipinski definition) is 3. The number of hydrogen-bond acceptors (Lipinski definition) is 8. The van der Waals surface area contributed by atoms with E-state index in [1.807, 2.05) is 0 Å². The van der Waals surface area contributed by atoms with E-state index in [0.717, 1.165) is 12.1 Å². The molecule has 24 heavy (non-hydrogen) atoms. The first-order chi connectivity index (χ1) is 11.1. The van der Waals surface area contributed by atoms with E-state index in [0.29, 0.717) is 11.3 Å². The maximum Gasteiger partial charge on any atom is 0.435 e. The molecule has 2 rings (SSSR count). The van der Waals surface area contributed by atoms with E-state index < -0.39 is 39.1 Å². The molecule has 2 aromatic heterocycles. The maximum atomic E-state index is 12.9. The first-order valence-corrected chi connectivity index (χ1v) is 6.93. The van der Waals surface area contributed by atoms with Crippen molar-refractivity contribution >= 4 is 39.7 Å². The Bertz CT molecular complexity index is 807. The molecule has 0 aliphatic carbocycles. The molecule has 0 bridgehead atoms. The number of nitrogens with one attached hydrogen (secondary N) is 2. The van der Waals surface area contributed by atoms with Crippen LogP contribution in [0.4, 0.5) is 35.6 Å². The number of alkyl halides is 3. The van der Waals surface area contributed by atoms with Gasteiger partial charge in [-0.15, -0.1) is 0 Å². The zero-order valence-corrected chi connectivity index (χ0v) is 12.7. The van der Waals surface area contributed by atoms with E-state index in [2.05, 4.69) is 20.6 Å². The number of aromatic nitrogens is 2. The van der Waals surface area contributed by atoms with Gasteiger partial charge in [-0.25, -0.2) is 9.97 Å². The van der Waals surface area contributed by atoms with Crippen LogP contribution in [0, 0.1) is 10.1 Å². The number of pyridine rings is 1. The Morgan fingerprint density at radius 2 is 2.04 bits per heavy atom. The molecule has 0 spiro atoms. The number of nitrogens with two attached hydrogens (primary N) is 1.